The van der Waals surface area contributed by atoms with Gasteiger partial charge in [-0.3, -0.25) is 4.79 Å². The maximum absolute atomic E-state index is 11.2. The Morgan fingerprint density at radius 1 is 1.64 bits per heavy atom. The van der Waals surface area contributed by atoms with Crippen LogP contribution in [0.2, 0.25) is 0 Å². The zero-order chi connectivity index (χ0) is 7.84. The second kappa shape index (κ2) is 2.17. The van der Waals surface area contributed by atoms with E-state index in [4.69, 9.17) is 0 Å². The standard InChI is InChI=1S/C7H6N2OS/c1-4-2-11-7-5(4)6(10)8-3-9-7/h2-3H,1H3,(H,8,9,10). The molecule has 2 aromatic heterocycles. The van der Waals surface area contributed by atoms with Crippen LogP contribution in [0.25, 0.3) is 10.2 Å². The molecule has 0 spiro atoms. The molecule has 4 heteroatoms. The van der Waals surface area contributed by atoms with Gasteiger partial charge in [0.2, 0.25) is 0 Å². The summed E-state index contributed by atoms with van der Waals surface area (Å²) in [6.45, 7) is 1.91. The highest BCUT2D eigenvalue weighted by atomic mass is 32.1. The van der Waals surface area contributed by atoms with Gasteiger partial charge < -0.3 is 4.98 Å². The number of aromatic amines is 1. The fraction of sp³-hybridized carbons (Fsp3) is 0.143. The summed E-state index contributed by atoms with van der Waals surface area (Å²) in [5.74, 6) is 0. The lowest BCUT2D eigenvalue weighted by molar-refractivity contribution is 1.18. The number of hydrogen-bond acceptors (Lipinski definition) is 3. The maximum Gasteiger partial charge on any atom is 0.259 e. The Hall–Kier alpha value is -1.16. The minimum atomic E-state index is -0.0475. The predicted octanol–water partition coefficient (Wildman–Crippen LogP) is 1.29. The summed E-state index contributed by atoms with van der Waals surface area (Å²) >= 11 is 1.50. The Bertz CT molecular complexity index is 443. The lowest BCUT2D eigenvalue weighted by Crippen LogP contribution is -2.05. The number of rotatable bonds is 0. The molecule has 0 aliphatic rings. The molecule has 0 bridgehead atoms. The Morgan fingerprint density at radius 3 is 3.18 bits per heavy atom. The van der Waals surface area contributed by atoms with E-state index in [-0.39, 0.29) is 5.56 Å². The molecule has 2 aromatic rings. The van der Waals surface area contributed by atoms with Crippen LogP contribution in [0.4, 0.5) is 0 Å². The molecular weight excluding hydrogens is 160 g/mol. The second-order valence-electron chi connectivity index (χ2n) is 2.33. The third kappa shape index (κ3) is 0.867. The quantitative estimate of drug-likeness (QED) is 0.641. The highest BCUT2D eigenvalue weighted by molar-refractivity contribution is 7.16. The van der Waals surface area contributed by atoms with Crippen molar-refractivity contribution in [2.24, 2.45) is 0 Å². The van der Waals surface area contributed by atoms with Crippen LogP contribution in [0.5, 0.6) is 0 Å². The average molecular weight is 166 g/mol. The van der Waals surface area contributed by atoms with Crippen molar-refractivity contribution in [2.75, 3.05) is 0 Å². The molecule has 0 amide bonds. The summed E-state index contributed by atoms with van der Waals surface area (Å²) < 4.78 is 0. The van der Waals surface area contributed by atoms with E-state index in [0.29, 0.717) is 0 Å². The molecule has 0 aliphatic heterocycles. The van der Waals surface area contributed by atoms with Crippen LogP contribution in [0, 0.1) is 6.92 Å². The van der Waals surface area contributed by atoms with Crippen molar-refractivity contribution in [3.8, 4) is 0 Å². The van der Waals surface area contributed by atoms with E-state index >= 15 is 0 Å². The van der Waals surface area contributed by atoms with E-state index in [2.05, 4.69) is 9.97 Å². The first-order valence-electron chi connectivity index (χ1n) is 3.20. The second-order valence-corrected chi connectivity index (χ2v) is 3.19. The third-order valence-electron chi connectivity index (χ3n) is 1.56. The van der Waals surface area contributed by atoms with E-state index in [1.807, 2.05) is 12.3 Å². The average Bonchev–Trinajstić information content (AvgIpc) is 2.34. The van der Waals surface area contributed by atoms with Gasteiger partial charge in [-0.2, -0.15) is 0 Å². The smallest absolute Gasteiger partial charge is 0.259 e. The largest absolute Gasteiger partial charge is 0.313 e. The fourth-order valence-corrected chi connectivity index (χ4v) is 1.91. The van der Waals surface area contributed by atoms with Crippen LogP contribution < -0.4 is 5.56 Å². The lowest BCUT2D eigenvalue weighted by Gasteiger charge is -1.86. The molecule has 2 heterocycles. The fourth-order valence-electron chi connectivity index (χ4n) is 1.02. The van der Waals surface area contributed by atoms with Crippen molar-refractivity contribution in [1.29, 1.82) is 0 Å². The van der Waals surface area contributed by atoms with Gasteiger partial charge in [0, 0.05) is 0 Å². The van der Waals surface area contributed by atoms with E-state index in [1.165, 1.54) is 17.7 Å². The molecule has 0 fully saturated rings. The summed E-state index contributed by atoms with van der Waals surface area (Å²) in [7, 11) is 0. The monoisotopic (exact) mass is 166 g/mol. The van der Waals surface area contributed by atoms with Gasteiger partial charge in [-0.15, -0.1) is 11.3 Å². The molecule has 0 saturated heterocycles. The summed E-state index contributed by atoms with van der Waals surface area (Å²) in [6, 6.07) is 0. The van der Waals surface area contributed by atoms with Crippen molar-refractivity contribution in [3.05, 3.63) is 27.6 Å². The molecule has 0 unspecified atom stereocenters. The highest BCUT2D eigenvalue weighted by Gasteiger charge is 2.03. The van der Waals surface area contributed by atoms with Crippen LogP contribution >= 0.6 is 11.3 Å². The normalized spacial score (nSPS) is 10.6. The molecule has 0 radical (unpaired) electrons. The predicted molar refractivity (Wildman–Crippen MR) is 45.0 cm³/mol. The molecule has 56 valence electrons. The van der Waals surface area contributed by atoms with Crippen molar-refractivity contribution < 1.29 is 0 Å². The zero-order valence-electron chi connectivity index (χ0n) is 5.92. The molecule has 0 aromatic carbocycles. The van der Waals surface area contributed by atoms with E-state index < -0.39 is 0 Å². The van der Waals surface area contributed by atoms with Crippen molar-refractivity contribution >= 4 is 21.6 Å². The summed E-state index contributed by atoms with van der Waals surface area (Å²) in [4.78, 5) is 18.6. The molecular formula is C7H6N2OS. The van der Waals surface area contributed by atoms with Gasteiger partial charge in [0.05, 0.1) is 11.7 Å². The molecule has 0 atom stereocenters. The lowest BCUT2D eigenvalue weighted by atomic mass is 10.3. The van der Waals surface area contributed by atoms with Gasteiger partial charge in [0.15, 0.2) is 0 Å². The molecule has 0 aliphatic carbocycles. The Labute approximate surface area is 66.7 Å². The molecule has 1 N–H and O–H groups in total. The van der Waals surface area contributed by atoms with Gasteiger partial charge in [0.1, 0.15) is 4.83 Å². The van der Waals surface area contributed by atoms with Crippen LogP contribution in [-0.2, 0) is 0 Å². The number of nitrogens with one attached hydrogen (secondary N) is 1. The third-order valence-corrected chi connectivity index (χ3v) is 2.56. The summed E-state index contributed by atoms with van der Waals surface area (Å²) in [5.41, 5.74) is 0.952. The van der Waals surface area contributed by atoms with Gasteiger partial charge in [-0.05, 0) is 17.9 Å². The first-order valence-corrected chi connectivity index (χ1v) is 4.08. The number of aromatic nitrogens is 2. The van der Waals surface area contributed by atoms with Crippen LogP contribution in [0.3, 0.4) is 0 Å². The summed E-state index contributed by atoms with van der Waals surface area (Å²) in [6.07, 6.45) is 1.43. The number of fused-ring (bicyclic) bond motifs is 1. The van der Waals surface area contributed by atoms with Crippen LogP contribution in [-0.4, -0.2) is 9.97 Å². The topological polar surface area (TPSA) is 45.8 Å². The molecule has 3 nitrogen and oxygen atoms in total. The molecule has 11 heavy (non-hydrogen) atoms. The first-order chi connectivity index (χ1) is 5.29. The van der Waals surface area contributed by atoms with Crippen molar-refractivity contribution in [1.82, 2.24) is 9.97 Å². The Balaban J connectivity index is 3.08. The number of nitrogens with zero attached hydrogens (tertiary/aromatic N) is 1. The molecule has 2 rings (SSSR count). The van der Waals surface area contributed by atoms with E-state index in [1.54, 1.807) is 0 Å². The van der Waals surface area contributed by atoms with Crippen LogP contribution in [0.15, 0.2) is 16.5 Å². The Kier molecular flexibility index (Phi) is 1.29. The number of hydrogen-bond donors (Lipinski definition) is 1. The summed E-state index contributed by atoms with van der Waals surface area (Å²) in [5, 5.41) is 2.66. The zero-order valence-corrected chi connectivity index (χ0v) is 6.73. The number of H-pyrrole nitrogens is 1. The highest BCUT2D eigenvalue weighted by Crippen LogP contribution is 2.18. The molecule has 0 saturated carbocycles. The van der Waals surface area contributed by atoms with E-state index in [9.17, 15) is 4.79 Å². The minimum Gasteiger partial charge on any atom is -0.313 e. The van der Waals surface area contributed by atoms with Gasteiger partial charge in [-0.1, -0.05) is 0 Å². The Morgan fingerprint density at radius 2 is 2.45 bits per heavy atom. The van der Waals surface area contributed by atoms with E-state index in [0.717, 1.165) is 15.8 Å². The van der Waals surface area contributed by atoms with Gasteiger partial charge >= 0.3 is 0 Å². The van der Waals surface area contributed by atoms with Gasteiger partial charge in [0.25, 0.3) is 5.56 Å². The maximum atomic E-state index is 11.2. The minimum absolute atomic E-state index is 0.0475. The first kappa shape index (κ1) is 6.54. The van der Waals surface area contributed by atoms with Crippen molar-refractivity contribution in [2.45, 2.75) is 6.92 Å². The van der Waals surface area contributed by atoms with Crippen LogP contribution in [0.1, 0.15) is 5.56 Å². The van der Waals surface area contributed by atoms with Crippen molar-refractivity contribution in [3.63, 3.8) is 0 Å². The number of thiophene rings is 1. The van der Waals surface area contributed by atoms with Gasteiger partial charge in [-0.25, -0.2) is 4.98 Å². The number of aryl methyl sites for hydroxylation is 1. The SMILES string of the molecule is Cc1csc2nc[nH]c(=O)c12.